The molecule has 0 radical (unpaired) electrons. The Kier molecular flexibility index (Phi) is 6.42. The fraction of sp³-hybridized carbons (Fsp3) is 0.684. The molecule has 1 rings (SSSR count). The summed E-state index contributed by atoms with van der Waals surface area (Å²) in [6.45, 7) is 11.2. The molecule has 0 saturated carbocycles. The molecule has 1 N–H and O–H groups in total. The summed E-state index contributed by atoms with van der Waals surface area (Å²) in [6, 6.07) is 9.37. The molecule has 0 heterocycles. The Labute approximate surface area is 131 Å². The van der Waals surface area contributed by atoms with Crippen molar-refractivity contribution < 1.29 is 4.74 Å². The van der Waals surface area contributed by atoms with Gasteiger partial charge in [-0.15, -0.1) is 0 Å². The Morgan fingerprint density at radius 2 is 1.57 bits per heavy atom. The summed E-state index contributed by atoms with van der Waals surface area (Å²) in [7, 11) is 3.87. The van der Waals surface area contributed by atoms with Crippen LogP contribution in [-0.4, -0.2) is 25.8 Å². The van der Waals surface area contributed by atoms with Crippen molar-refractivity contribution in [1.29, 1.82) is 0 Å². The van der Waals surface area contributed by atoms with Gasteiger partial charge in [-0.1, -0.05) is 58.9 Å². The van der Waals surface area contributed by atoms with E-state index in [0.29, 0.717) is 6.04 Å². The highest BCUT2D eigenvalue weighted by Crippen LogP contribution is 2.27. The minimum Gasteiger partial charge on any atom is -0.377 e. The maximum absolute atomic E-state index is 5.88. The molecule has 0 aliphatic heterocycles. The van der Waals surface area contributed by atoms with Crippen LogP contribution >= 0.6 is 0 Å². The van der Waals surface area contributed by atoms with Crippen molar-refractivity contribution in [1.82, 2.24) is 5.32 Å². The zero-order valence-electron chi connectivity index (χ0n) is 14.9. The van der Waals surface area contributed by atoms with Gasteiger partial charge in [0.15, 0.2) is 0 Å². The van der Waals surface area contributed by atoms with Crippen LogP contribution in [0.4, 0.5) is 0 Å². The Balaban J connectivity index is 2.92. The van der Waals surface area contributed by atoms with E-state index in [-0.39, 0.29) is 11.0 Å². The number of rotatable bonds is 7. The summed E-state index contributed by atoms with van der Waals surface area (Å²) in [6.07, 6.45) is 3.04. The fourth-order valence-corrected chi connectivity index (χ4v) is 3.10. The summed E-state index contributed by atoms with van der Waals surface area (Å²) >= 11 is 0. The van der Waals surface area contributed by atoms with E-state index < -0.39 is 0 Å². The molecule has 21 heavy (non-hydrogen) atoms. The Morgan fingerprint density at radius 1 is 1.05 bits per heavy atom. The van der Waals surface area contributed by atoms with Crippen LogP contribution in [0.1, 0.15) is 58.6 Å². The molecule has 0 amide bonds. The first-order valence-electron chi connectivity index (χ1n) is 8.14. The third-order valence-corrected chi connectivity index (χ3v) is 4.85. The first kappa shape index (κ1) is 18.2. The molecule has 2 nitrogen and oxygen atoms in total. The molecule has 1 aromatic rings. The predicted octanol–water partition coefficient (Wildman–Crippen LogP) is 4.32. The number of hydrogen-bond donors (Lipinski definition) is 1. The maximum Gasteiger partial charge on any atom is 0.0828 e. The number of benzene rings is 1. The predicted molar refractivity (Wildman–Crippen MR) is 92.0 cm³/mol. The van der Waals surface area contributed by atoms with Crippen LogP contribution in [0.15, 0.2) is 24.3 Å². The first-order valence-corrected chi connectivity index (χ1v) is 8.14. The summed E-state index contributed by atoms with van der Waals surface area (Å²) in [4.78, 5) is 0. The first-order chi connectivity index (χ1) is 9.82. The monoisotopic (exact) mass is 291 g/mol. The minimum absolute atomic E-state index is 0.0859. The zero-order chi connectivity index (χ0) is 16.1. The Morgan fingerprint density at radius 3 is 1.90 bits per heavy atom. The van der Waals surface area contributed by atoms with Crippen LogP contribution in [0.3, 0.4) is 0 Å². The van der Waals surface area contributed by atoms with Crippen LogP contribution in [0.2, 0.25) is 0 Å². The molecular weight excluding hydrogens is 258 g/mol. The highest BCUT2D eigenvalue weighted by atomic mass is 16.5. The molecule has 0 spiro atoms. The molecule has 0 fully saturated rings. The average Bonchev–Trinajstić information content (AvgIpc) is 2.47. The molecule has 1 aromatic carbocycles. The van der Waals surface area contributed by atoms with Crippen LogP contribution in [-0.2, 0) is 16.6 Å². The lowest BCUT2D eigenvalue weighted by molar-refractivity contribution is -0.0454. The lowest BCUT2D eigenvalue weighted by Crippen LogP contribution is -2.51. The minimum atomic E-state index is -0.0859. The standard InChI is InChI=1S/C19H33NO/c1-8-19(9-2,21-7)17(20-6)14-15-10-12-16(13-11-15)18(3,4)5/h10-13,17,20H,8-9,14H2,1-7H3. The molecule has 0 aromatic heterocycles. The van der Waals surface area contributed by atoms with Gasteiger partial charge in [-0.2, -0.15) is 0 Å². The van der Waals surface area contributed by atoms with Gasteiger partial charge in [-0.25, -0.2) is 0 Å². The molecule has 120 valence electrons. The van der Waals surface area contributed by atoms with E-state index in [1.807, 2.05) is 14.2 Å². The van der Waals surface area contributed by atoms with Gasteiger partial charge in [0.2, 0.25) is 0 Å². The van der Waals surface area contributed by atoms with Gasteiger partial charge in [0, 0.05) is 13.2 Å². The van der Waals surface area contributed by atoms with Crippen LogP contribution in [0.25, 0.3) is 0 Å². The molecule has 1 unspecified atom stereocenters. The van der Waals surface area contributed by atoms with Crippen molar-refractivity contribution in [2.45, 2.75) is 70.9 Å². The zero-order valence-corrected chi connectivity index (χ0v) is 14.9. The van der Waals surface area contributed by atoms with Crippen molar-refractivity contribution >= 4 is 0 Å². The third kappa shape index (κ3) is 4.31. The molecule has 0 saturated heterocycles. The largest absolute Gasteiger partial charge is 0.377 e. The second-order valence-corrected chi connectivity index (χ2v) is 6.97. The van der Waals surface area contributed by atoms with Crippen LogP contribution in [0.5, 0.6) is 0 Å². The van der Waals surface area contributed by atoms with E-state index >= 15 is 0 Å². The number of ether oxygens (including phenoxy) is 1. The Bertz CT molecular complexity index is 404. The molecule has 0 aliphatic rings. The van der Waals surface area contributed by atoms with Gasteiger partial charge in [-0.05, 0) is 42.9 Å². The smallest absolute Gasteiger partial charge is 0.0828 e. The van der Waals surface area contributed by atoms with Crippen LogP contribution < -0.4 is 5.32 Å². The number of hydrogen-bond acceptors (Lipinski definition) is 2. The Hall–Kier alpha value is -0.860. The highest BCUT2D eigenvalue weighted by Gasteiger charge is 2.34. The molecular formula is C19H33NO. The summed E-state index contributed by atoms with van der Waals surface area (Å²) < 4.78 is 5.88. The maximum atomic E-state index is 5.88. The summed E-state index contributed by atoms with van der Waals surface area (Å²) in [5.41, 5.74) is 2.88. The summed E-state index contributed by atoms with van der Waals surface area (Å²) in [5, 5.41) is 3.46. The third-order valence-electron chi connectivity index (χ3n) is 4.85. The van der Waals surface area contributed by atoms with Crippen molar-refractivity contribution in [3.8, 4) is 0 Å². The van der Waals surface area contributed by atoms with E-state index in [1.54, 1.807) is 0 Å². The SMILES string of the molecule is CCC(CC)(OC)C(Cc1ccc(C(C)(C)C)cc1)NC. The summed E-state index contributed by atoms with van der Waals surface area (Å²) in [5.74, 6) is 0. The number of methoxy groups -OCH3 is 1. The lowest BCUT2D eigenvalue weighted by Gasteiger charge is -2.38. The van der Waals surface area contributed by atoms with E-state index in [2.05, 4.69) is 64.2 Å². The number of likely N-dealkylation sites (N-methyl/N-ethyl adjacent to an activating group) is 1. The van der Waals surface area contributed by atoms with E-state index in [0.717, 1.165) is 19.3 Å². The van der Waals surface area contributed by atoms with Gasteiger partial charge in [0.1, 0.15) is 0 Å². The lowest BCUT2D eigenvalue weighted by atomic mass is 9.83. The van der Waals surface area contributed by atoms with E-state index in [1.165, 1.54) is 11.1 Å². The molecule has 1 atom stereocenters. The van der Waals surface area contributed by atoms with Gasteiger partial charge in [-0.3, -0.25) is 0 Å². The van der Waals surface area contributed by atoms with Crippen molar-refractivity contribution in [3.63, 3.8) is 0 Å². The van der Waals surface area contributed by atoms with Crippen LogP contribution in [0, 0.1) is 0 Å². The average molecular weight is 291 g/mol. The second-order valence-electron chi connectivity index (χ2n) is 6.97. The normalized spacial score (nSPS) is 14.2. The van der Waals surface area contributed by atoms with Gasteiger partial charge >= 0.3 is 0 Å². The van der Waals surface area contributed by atoms with Crippen molar-refractivity contribution in [3.05, 3.63) is 35.4 Å². The molecule has 0 aliphatic carbocycles. The van der Waals surface area contributed by atoms with E-state index in [9.17, 15) is 0 Å². The van der Waals surface area contributed by atoms with Crippen molar-refractivity contribution in [2.24, 2.45) is 0 Å². The quantitative estimate of drug-likeness (QED) is 0.808. The van der Waals surface area contributed by atoms with Gasteiger partial charge in [0.05, 0.1) is 5.60 Å². The van der Waals surface area contributed by atoms with Gasteiger partial charge < -0.3 is 10.1 Å². The number of nitrogens with one attached hydrogen (secondary N) is 1. The van der Waals surface area contributed by atoms with Gasteiger partial charge in [0.25, 0.3) is 0 Å². The highest BCUT2D eigenvalue weighted by molar-refractivity contribution is 5.28. The molecule has 0 bridgehead atoms. The fourth-order valence-electron chi connectivity index (χ4n) is 3.10. The van der Waals surface area contributed by atoms with E-state index in [4.69, 9.17) is 4.74 Å². The second kappa shape index (κ2) is 7.42. The topological polar surface area (TPSA) is 21.3 Å². The molecule has 2 heteroatoms. The van der Waals surface area contributed by atoms with Crippen molar-refractivity contribution in [2.75, 3.05) is 14.2 Å².